The molecule has 0 bridgehead atoms. The standard InChI is InChI=1S/C14H10BrNO4S/c1-8-11(16(19)20)3-2-4-12(8)21-13-7-9(15)5-6-10(13)14(17)18/h2-7H,1H3,(H,17,18). The van der Waals surface area contributed by atoms with Crippen LogP contribution in [0.2, 0.25) is 0 Å². The summed E-state index contributed by atoms with van der Waals surface area (Å²) < 4.78 is 0.748. The second kappa shape index (κ2) is 6.28. The fourth-order valence-electron chi connectivity index (χ4n) is 1.79. The van der Waals surface area contributed by atoms with Gasteiger partial charge in [0.05, 0.1) is 10.5 Å². The number of benzene rings is 2. The highest BCUT2D eigenvalue weighted by molar-refractivity contribution is 9.10. The van der Waals surface area contributed by atoms with E-state index in [9.17, 15) is 20.0 Å². The Morgan fingerprint density at radius 2 is 2.00 bits per heavy atom. The molecule has 2 aromatic rings. The smallest absolute Gasteiger partial charge is 0.336 e. The topological polar surface area (TPSA) is 80.4 Å². The predicted molar refractivity (Wildman–Crippen MR) is 83.1 cm³/mol. The van der Waals surface area contributed by atoms with E-state index in [1.165, 1.54) is 23.9 Å². The van der Waals surface area contributed by atoms with Gasteiger partial charge >= 0.3 is 5.97 Å². The number of halogens is 1. The highest BCUT2D eigenvalue weighted by Gasteiger charge is 2.17. The molecule has 0 saturated heterocycles. The number of carbonyl (C=O) groups is 1. The van der Waals surface area contributed by atoms with Crippen molar-refractivity contribution in [2.75, 3.05) is 0 Å². The number of carboxylic acid groups (broad SMARTS) is 1. The molecule has 0 atom stereocenters. The van der Waals surface area contributed by atoms with E-state index in [2.05, 4.69) is 15.9 Å². The van der Waals surface area contributed by atoms with Crippen LogP contribution in [0, 0.1) is 17.0 Å². The molecule has 0 aromatic heterocycles. The summed E-state index contributed by atoms with van der Waals surface area (Å²) in [6.07, 6.45) is 0. The predicted octanol–water partition coefficient (Wildman–Crippen LogP) is 4.52. The molecule has 0 radical (unpaired) electrons. The van der Waals surface area contributed by atoms with Gasteiger partial charge in [0.1, 0.15) is 0 Å². The van der Waals surface area contributed by atoms with Crippen molar-refractivity contribution in [2.45, 2.75) is 16.7 Å². The second-order valence-electron chi connectivity index (χ2n) is 4.21. The summed E-state index contributed by atoms with van der Waals surface area (Å²) in [6.45, 7) is 1.65. The molecule has 108 valence electrons. The molecule has 0 amide bonds. The van der Waals surface area contributed by atoms with E-state index in [-0.39, 0.29) is 11.3 Å². The minimum Gasteiger partial charge on any atom is -0.478 e. The Morgan fingerprint density at radius 1 is 1.29 bits per heavy atom. The normalized spacial score (nSPS) is 10.4. The van der Waals surface area contributed by atoms with Gasteiger partial charge in [-0.1, -0.05) is 33.8 Å². The third-order valence-electron chi connectivity index (χ3n) is 2.85. The van der Waals surface area contributed by atoms with Crippen molar-refractivity contribution >= 4 is 39.3 Å². The van der Waals surface area contributed by atoms with Crippen LogP contribution in [0.3, 0.4) is 0 Å². The molecular formula is C14H10BrNO4S. The average molecular weight is 368 g/mol. The number of hydrogen-bond donors (Lipinski definition) is 1. The maximum absolute atomic E-state index is 11.2. The number of nitrogens with zero attached hydrogens (tertiary/aromatic N) is 1. The molecule has 0 fully saturated rings. The zero-order chi connectivity index (χ0) is 15.6. The van der Waals surface area contributed by atoms with Crippen LogP contribution in [0.25, 0.3) is 0 Å². The fraction of sp³-hybridized carbons (Fsp3) is 0.0714. The quantitative estimate of drug-likeness (QED) is 0.634. The first-order valence-corrected chi connectivity index (χ1v) is 7.46. The molecule has 1 N–H and O–H groups in total. The Kier molecular flexibility index (Phi) is 4.64. The molecule has 0 aliphatic heterocycles. The van der Waals surface area contributed by atoms with Gasteiger partial charge in [-0.25, -0.2) is 4.79 Å². The van der Waals surface area contributed by atoms with Crippen LogP contribution < -0.4 is 0 Å². The Morgan fingerprint density at radius 3 is 2.62 bits per heavy atom. The third-order valence-corrected chi connectivity index (χ3v) is 4.56. The van der Waals surface area contributed by atoms with Gasteiger partial charge in [-0.3, -0.25) is 10.1 Å². The molecule has 5 nitrogen and oxygen atoms in total. The summed E-state index contributed by atoms with van der Waals surface area (Å²) in [6, 6.07) is 9.59. The van der Waals surface area contributed by atoms with Crippen LogP contribution in [0.1, 0.15) is 15.9 Å². The van der Waals surface area contributed by atoms with Crippen molar-refractivity contribution < 1.29 is 14.8 Å². The summed E-state index contributed by atoms with van der Waals surface area (Å²) >= 11 is 4.50. The lowest BCUT2D eigenvalue weighted by molar-refractivity contribution is -0.385. The molecule has 2 aromatic carbocycles. The second-order valence-corrected chi connectivity index (χ2v) is 6.20. The van der Waals surface area contributed by atoms with Crippen LogP contribution in [-0.4, -0.2) is 16.0 Å². The summed E-state index contributed by atoms with van der Waals surface area (Å²) in [7, 11) is 0. The van der Waals surface area contributed by atoms with E-state index in [0.29, 0.717) is 15.4 Å². The van der Waals surface area contributed by atoms with Crippen LogP contribution in [0.5, 0.6) is 0 Å². The molecule has 0 aliphatic carbocycles. The maximum atomic E-state index is 11.2. The van der Waals surface area contributed by atoms with Gasteiger partial charge in [0.2, 0.25) is 0 Å². The van der Waals surface area contributed by atoms with Gasteiger partial charge in [0.25, 0.3) is 5.69 Å². The van der Waals surface area contributed by atoms with E-state index in [1.54, 1.807) is 31.2 Å². The molecule has 7 heteroatoms. The number of aromatic carboxylic acids is 1. The van der Waals surface area contributed by atoms with E-state index in [4.69, 9.17) is 0 Å². The molecule has 21 heavy (non-hydrogen) atoms. The molecule has 2 rings (SSSR count). The number of nitro groups is 1. The minimum absolute atomic E-state index is 0.0203. The lowest BCUT2D eigenvalue weighted by Gasteiger charge is -2.09. The van der Waals surface area contributed by atoms with Crippen molar-refractivity contribution in [3.05, 3.63) is 62.1 Å². The van der Waals surface area contributed by atoms with Crippen molar-refractivity contribution in [1.82, 2.24) is 0 Å². The lowest BCUT2D eigenvalue weighted by Crippen LogP contribution is -1.99. The zero-order valence-corrected chi connectivity index (χ0v) is 13.3. The number of carboxylic acids is 1. The Labute approximate surface area is 133 Å². The monoisotopic (exact) mass is 367 g/mol. The first-order valence-electron chi connectivity index (χ1n) is 5.85. The van der Waals surface area contributed by atoms with E-state index in [0.717, 1.165) is 4.47 Å². The first-order chi connectivity index (χ1) is 9.90. The first kappa shape index (κ1) is 15.5. The maximum Gasteiger partial charge on any atom is 0.336 e. The molecule has 0 aliphatic rings. The highest BCUT2D eigenvalue weighted by atomic mass is 79.9. The minimum atomic E-state index is -1.03. The lowest BCUT2D eigenvalue weighted by atomic mass is 10.2. The summed E-state index contributed by atoms with van der Waals surface area (Å²) in [5.41, 5.74) is 0.699. The summed E-state index contributed by atoms with van der Waals surface area (Å²) in [5.74, 6) is -1.03. The van der Waals surface area contributed by atoms with Crippen LogP contribution in [-0.2, 0) is 0 Å². The average Bonchev–Trinajstić information content (AvgIpc) is 2.40. The van der Waals surface area contributed by atoms with Gasteiger partial charge in [0.15, 0.2) is 0 Å². The highest BCUT2D eigenvalue weighted by Crippen LogP contribution is 2.37. The molecule has 0 unspecified atom stereocenters. The fourth-order valence-corrected chi connectivity index (χ4v) is 3.39. The number of hydrogen-bond acceptors (Lipinski definition) is 4. The Balaban J connectivity index is 2.48. The van der Waals surface area contributed by atoms with E-state index in [1.807, 2.05) is 0 Å². The van der Waals surface area contributed by atoms with Crippen LogP contribution >= 0.6 is 27.7 Å². The summed E-state index contributed by atoms with van der Waals surface area (Å²) in [4.78, 5) is 22.9. The van der Waals surface area contributed by atoms with Gasteiger partial charge in [-0.15, -0.1) is 0 Å². The zero-order valence-electron chi connectivity index (χ0n) is 10.9. The van der Waals surface area contributed by atoms with Crippen molar-refractivity contribution in [2.24, 2.45) is 0 Å². The third kappa shape index (κ3) is 3.43. The van der Waals surface area contributed by atoms with Gasteiger partial charge in [-0.05, 0) is 31.2 Å². The van der Waals surface area contributed by atoms with Crippen molar-refractivity contribution in [1.29, 1.82) is 0 Å². The number of nitro benzene ring substituents is 1. The van der Waals surface area contributed by atoms with Crippen LogP contribution in [0.4, 0.5) is 5.69 Å². The van der Waals surface area contributed by atoms with Crippen LogP contribution in [0.15, 0.2) is 50.7 Å². The Bertz CT molecular complexity index is 733. The summed E-state index contributed by atoms with van der Waals surface area (Å²) in [5, 5.41) is 20.2. The molecule has 0 heterocycles. The molecule has 0 saturated carbocycles. The SMILES string of the molecule is Cc1c(Sc2cc(Br)ccc2C(=O)O)cccc1[N+](=O)[O-]. The largest absolute Gasteiger partial charge is 0.478 e. The van der Waals surface area contributed by atoms with E-state index < -0.39 is 10.9 Å². The molecule has 0 spiro atoms. The van der Waals surface area contributed by atoms with E-state index >= 15 is 0 Å². The van der Waals surface area contributed by atoms with Gasteiger partial charge in [-0.2, -0.15) is 0 Å². The van der Waals surface area contributed by atoms with Crippen molar-refractivity contribution in [3.8, 4) is 0 Å². The van der Waals surface area contributed by atoms with Gasteiger partial charge < -0.3 is 5.11 Å². The molecular weight excluding hydrogens is 358 g/mol. The number of rotatable bonds is 4. The van der Waals surface area contributed by atoms with Crippen molar-refractivity contribution in [3.63, 3.8) is 0 Å². The Hall–Kier alpha value is -1.86. The van der Waals surface area contributed by atoms with Gasteiger partial charge in [0, 0.05) is 25.9 Å².